The molecule has 0 atom stereocenters. The summed E-state index contributed by atoms with van der Waals surface area (Å²) in [6.45, 7) is -0.127. The normalized spacial score (nSPS) is 16.2. The first-order valence-electron chi connectivity index (χ1n) is 5.98. The number of rotatable bonds is 4. The molecule has 4 heteroatoms. The molecule has 1 aromatic carbocycles. The predicted octanol–water partition coefficient (Wildman–Crippen LogP) is 2.29. The van der Waals surface area contributed by atoms with Crippen molar-refractivity contribution in [3.63, 3.8) is 0 Å². The number of aliphatic carboxylic acids is 1. The Morgan fingerprint density at radius 3 is 2.89 bits per heavy atom. The van der Waals surface area contributed by atoms with Gasteiger partial charge in [0.1, 0.15) is 12.3 Å². The zero-order valence-corrected chi connectivity index (χ0v) is 10.3. The molecule has 0 fully saturated rings. The number of aromatic hydroxyl groups is 1. The second-order valence-electron chi connectivity index (χ2n) is 4.19. The van der Waals surface area contributed by atoms with Gasteiger partial charge in [-0.25, -0.2) is 0 Å². The molecule has 0 amide bonds. The van der Waals surface area contributed by atoms with Crippen molar-refractivity contribution in [1.82, 2.24) is 5.32 Å². The Balaban J connectivity index is 2.23. The maximum Gasteiger partial charge on any atom is 0.322 e. The fourth-order valence-corrected chi connectivity index (χ4v) is 1.85. The van der Waals surface area contributed by atoms with Crippen LogP contribution < -0.4 is 5.32 Å². The molecule has 1 aromatic rings. The van der Waals surface area contributed by atoms with Crippen molar-refractivity contribution >= 4 is 12.0 Å². The van der Waals surface area contributed by atoms with E-state index in [1.807, 2.05) is 36.4 Å². The zero-order chi connectivity index (χ0) is 13.7. The SMILES string of the molecule is O=C(O)CNC1=CC=CCC1=Cc1ccccc1O. The number of carboxylic acid groups (broad SMARTS) is 1. The van der Waals surface area contributed by atoms with Gasteiger partial charge in [-0.1, -0.05) is 30.4 Å². The van der Waals surface area contributed by atoms with Crippen molar-refractivity contribution in [1.29, 1.82) is 0 Å². The highest BCUT2D eigenvalue weighted by Gasteiger charge is 2.09. The van der Waals surface area contributed by atoms with Crippen LogP contribution in [0.4, 0.5) is 0 Å². The Labute approximate surface area is 111 Å². The maximum absolute atomic E-state index is 10.6. The van der Waals surface area contributed by atoms with Crippen LogP contribution in [0.15, 0.2) is 53.8 Å². The van der Waals surface area contributed by atoms with Crippen LogP contribution >= 0.6 is 0 Å². The van der Waals surface area contributed by atoms with Crippen LogP contribution in [0, 0.1) is 0 Å². The average Bonchev–Trinajstić information content (AvgIpc) is 2.40. The van der Waals surface area contributed by atoms with Gasteiger partial charge in [0, 0.05) is 11.3 Å². The smallest absolute Gasteiger partial charge is 0.322 e. The van der Waals surface area contributed by atoms with E-state index in [2.05, 4.69) is 5.32 Å². The number of carbonyl (C=O) groups is 1. The maximum atomic E-state index is 10.6. The summed E-state index contributed by atoms with van der Waals surface area (Å²) in [6.07, 6.45) is 8.26. The molecule has 0 bridgehead atoms. The van der Waals surface area contributed by atoms with Gasteiger partial charge in [-0.15, -0.1) is 0 Å². The van der Waals surface area contributed by atoms with Crippen LogP contribution in [-0.2, 0) is 4.79 Å². The standard InChI is InChI=1S/C15H15NO3/c17-14-8-4-2-6-12(14)9-11-5-1-3-7-13(11)16-10-15(18)19/h1-4,6-9,16-17H,5,10H2,(H,18,19). The second-order valence-corrected chi connectivity index (χ2v) is 4.19. The van der Waals surface area contributed by atoms with Gasteiger partial charge in [0.15, 0.2) is 0 Å². The molecule has 0 radical (unpaired) electrons. The van der Waals surface area contributed by atoms with E-state index in [9.17, 15) is 9.90 Å². The van der Waals surface area contributed by atoms with Gasteiger partial charge in [0.05, 0.1) is 0 Å². The highest BCUT2D eigenvalue weighted by atomic mass is 16.4. The summed E-state index contributed by atoms with van der Waals surface area (Å²) in [6, 6.07) is 7.05. The number of allylic oxidation sites excluding steroid dienone is 4. The van der Waals surface area contributed by atoms with Crippen molar-refractivity contribution in [2.75, 3.05) is 6.54 Å². The lowest BCUT2D eigenvalue weighted by Gasteiger charge is -2.15. The number of phenols is 1. The molecule has 1 aliphatic carbocycles. The highest BCUT2D eigenvalue weighted by molar-refractivity contribution is 5.70. The van der Waals surface area contributed by atoms with E-state index in [1.54, 1.807) is 12.1 Å². The van der Waals surface area contributed by atoms with Crippen molar-refractivity contribution in [2.24, 2.45) is 0 Å². The molecule has 0 aliphatic heterocycles. The summed E-state index contributed by atoms with van der Waals surface area (Å²) in [5.41, 5.74) is 2.44. The van der Waals surface area contributed by atoms with Crippen molar-refractivity contribution < 1.29 is 15.0 Å². The zero-order valence-electron chi connectivity index (χ0n) is 10.3. The van der Waals surface area contributed by atoms with Crippen LogP contribution in [0.3, 0.4) is 0 Å². The van der Waals surface area contributed by atoms with Crippen molar-refractivity contribution in [3.05, 3.63) is 59.3 Å². The monoisotopic (exact) mass is 257 g/mol. The van der Waals surface area contributed by atoms with E-state index in [1.165, 1.54) is 0 Å². The fraction of sp³-hybridized carbons (Fsp3) is 0.133. The van der Waals surface area contributed by atoms with Gasteiger partial charge >= 0.3 is 5.97 Å². The lowest BCUT2D eigenvalue weighted by molar-refractivity contribution is -0.135. The molecule has 4 nitrogen and oxygen atoms in total. The lowest BCUT2D eigenvalue weighted by atomic mass is 10.0. The van der Waals surface area contributed by atoms with E-state index in [-0.39, 0.29) is 12.3 Å². The minimum Gasteiger partial charge on any atom is -0.507 e. The van der Waals surface area contributed by atoms with Crippen LogP contribution in [0.5, 0.6) is 5.75 Å². The van der Waals surface area contributed by atoms with Crippen LogP contribution in [0.25, 0.3) is 6.08 Å². The van der Waals surface area contributed by atoms with Crippen molar-refractivity contribution in [2.45, 2.75) is 6.42 Å². The molecule has 0 aromatic heterocycles. The first-order chi connectivity index (χ1) is 9.16. The summed E-state index contributed by atoms with van der Waals surface area (Å²) in [7, 11) is 0. The first kappa shape index (κ1) is 13.0. The topological polar surface area (TPSA) is 69.6 Å². The van der Waals surface area contributed by atoms with Gasteiger partial charge in [0.25, 0.3) is 0 Å². The van der Waals surface area contributed by atoms with Gasteiger partial charge in [-0.05, 0) is 30.2 Å². The highest BCUT2D eigenvalue weighted by Crippen LogP contribution is 2.24. The second kappa shape index (κ2) is 5.91. The van der Waals surface area contributed by atoms with Gasteiger partial charge in [-0.3, -0.25) is 4.79 Å². The molecule has 98 valence electrons. The summed E-state index contributed by atoms with van der Waals surface area (Å²) in [4.78, 5) is 10.6. The number of carboxylic acids is 1. The minimum atomic E-state index is -0.905. The summed E-state index contributed by atoms with van der Waals surface area (Å²) >= 11 is 0. The fourth-order valence-electron chi connectivity index (χ4n) is 1.85. The number of benzene rings is 1. The number of hydrogen-bond acceptors (Lipinski definition) is 3. The molecule has 0 unspecified atom stereocenters. The van der Waals surface area contributed by atoms with Crippen LogP contribution in [-0.4, -0.2) is 22.7 Å². The molecule has 0 heterocycles. The minimum absolute atomic E-state index is 0.127. The van der Waals surface area contributed by atoms with E-state index >= 15 is 0 Å². The molecule has 0 saturated carbocycles. The third-order valence-electron chi connectivity index (χ3n) is 2.78. The quantitative estimate of drug-likeness (QED) is 0.774. The summed E-state index contributed by atoms with van der Waals surface area (Å²) < 4.78 is 0. The van der Waals surface area contributed by atoms with E-state index < -0.39 is 5.97 Å². The average molecular weight is 257 g/mol. The predicted molar refractivity (Wildman–Crippen MR) is 73.6 cm³/mol. The Hall–Kier alpha value is -2.49. The molecule has 19 heavy (non-hydrogen) atoms. The molecular weight excluding hydrogens is 242 g/mol. The third kappa shape index (κ3) is 3.48. The lowest BCUT2D eigenvalue weighted by Crippen LogP contribution is -2.23. The van der Waals surface area contributed by atoms with Gasteiger partial charge in [-0.2, -0.15) is 0 Å². The summed E-state index contributed by atoms with van der Waals surface area (Å²) in [5.74, 6) is -0.695. The first-order valence-corrected chi connectivity index (χ1v) is 5.98. The Kier molecular flexibility index (Phi) is 4.03. The van der Waals surface area contributed by atoms with E-state index in [0.717, 1.165) is 16.8 Å². The molecule has 0 saturated heterocycles. The largest absolute Gasteiger partial charge is 0.507 e. The molecule has 2 rings (SSSR count). The number of para-hydroxylation sites is 1. The summed E-state index contributed by atoms with van der Waals surface area (Å²) in [5, 5.41) is 21.3. The van der Waals surface area contributed by atoms with Gasteiger partial charge in [0.2, 0.25) is 0 Å². The Morgan fingerprint density at radius 2 is 2.16 bits per heavy atom. The Bertz CT molecular complexity index is 571. The molecule has 3 N–H and O–H groups in total. The number of nitrogens with one attached hydrogen (secondary N) is 1. The number of hydrogen-bond donors (Lipinski definition) is 3. The molecule has 1 aliphatic rings. The Morgan fingerprint density at radius 1 is 1.37 bits per heavy atom. The van der Waals surface area contributed by atoms with Crippen LogP contribution in [0.1, 0.15) is 12.0 Å². The van der Waals surface area contributed by atoms with E-state index in [0.29, 0.717) is 6.42 Å². The molecular formula is C15H15NO3. The van der Waals surface area contributed by atoms with Gasteiger partial charge < -0.3 is 15.5 Å². The third-order valence-corrected chi connectivity index (χ3v) is 2.78. The number of phenolic OH excluding ortho intramolecular Hbond substituents is 1. The van der Waals surface area contributed by atoms with E-state index in [4.69, 9.17) is 5.11 Å². The van der Waals surface area contributed by atoms with Crippen molar-refractivity contribution in [3.8, 4) is 5.75 Å². The molecule has 0 spiro atoms. The van der Waals surface area contributed by atoms with Crippen LogP contribution in [0.2, 0.25) is 0 Å².